The van der Waals surface area contributed by atoms with E-state index in [0.29, 0.717) is 4.90 Å². The first-order chi connectivity index (χ1) is 9.56. The lowest BCUT2D eigenvalue weighted by atomic mass is 10.4. The molecule has 0 saturated carbocycles. The van der Waals surface area contributed by atoms with Crippen molar-refractivity contribution in [3.05, 3.63) is 23.7 Å². The topological polar surface area (TPSA) is 6.48 Å². The zero-order chi connectivity index (χ0) is 18.5. The maximum absolute atomic E-state index is 12.2. The van der Waals surface area contributed by atoms with E-state index in [1.54, 1.807) is 0 Å². The van der Waals surface area contributed by atoms with E-state index in [1.807, 2.05) is 0 Å². The normalized spacial score (nSPS) is 13.2. The van der Waals surface area contributed by atoms with Crippen LogP contribution >= 0.6 is 0 Å². The van der Waals surface area contributed by atoms with Crippen LogP contribution in [0.4, 0.5) is 43.9 Å². The monoisotopic (exact) mass is 350 g/mol. The van der Waals surface area contributed by atoms with E-state index in [1.165, 1.54) is 0 Å². The molecular formula is C10H12F10N2. The zero-order valence-electron chi connectivity index (χ0n) is 11.7. The molecule has 0 fully saturated rings. The summed E-state index contributed by atoms with van der Waals surface area (Å²) in [5.74, 6) is -7.33. The molecule has 0 aliphatic carbocycles. The molecule has 0 rings (SSSR count). The Morgan fingerprint density at radius 3 is 1.14 bits per heavy atom. The molecule has 0 atom stereocenters. The molecule has 0 amide bonds. The van der Waals surface area contributed by atoms with Gasteiger partial charge in [-0.2, -0.15) is 43.9 Å². The van der Waals surface area contributed by atoms with Crippen LogP contribution in [0.2, 0.25) is 0 Å². The SMILES string of the molecule is CN(C)/C(F)=C(\F)C(F)(F)F.CN(C)C(F)(F)C(F)=C(F)F. The molecule has 12 heteroatoms. The number of likely N-dealkylation sites (N-methyl/N-ethyl adjacent to an activating group) is 1. The maximum atomic E-state index is 12.2. The fraction of sp³-hybridized carbons (Fsp3) is 0.600. The molecule has 0 radical (unpaired) electrons. The van der Waals surface area contributed by atoms with Crippen molar-refractivity contribution in [2.24, 2.45) is 0 Å². The molecular weight excluding hydrogens is 338 g/mol. The minimum absolute atomic E-state index is 0.0570. The number of hydrogen-bond acceptors (Lipinski definition) is 2. The quantitative estimate of drug-likeness (QED) is 0.549. The summed E-state index contributed by atoms with van der Waals surface area (Å²) < 4.78 is 117. The van der Waals surface area contributed by atoms with Gasteiger partial charge in [0.05, 0.1) is 0 Å². The summed E-state index contributed by atoms with van der Waals surface area (Å²) in [6.45, 7) is 0. The highest BCUT2D eigenvalue weighted by molar-refractivity contribution is 5.03. The lowest BCUT2D eigenvalue weighted by Crippen LogP contribution is -2.36. The first-order valence-corrected chi connectivity index (χ1v) is 5.13. The first kappa shape index (κ1) is 22.8. The van der Waals surface area contributed by atoms with Gasteiger partial charge in [0.25, 0.3) is 5.83 Å². The average molecular weight is 350 g/mol. The molecule has 0 unspecified atom stereocenters. The van der Waals surface area contributed by atoms with Gasteiger partial charge in [-0.1, -0.05) is 0 Å². The second-order valence-corrected chi connectivity index (χ2v) is 4.01. The van der Waals surface area contributed by atoms with E-state index in [0.717, 1.165) is 28.2 Å². The van der Waals surface area contributed by atoms with E-state index in [-0.39, 0.29) is 4.90 Å². The maximum Gasteiger partial charge on any atom is 0.447 e. The Morgan fingerprint density at radius 1 is 0.682 bits per heavy atom. The highest BCUT2D eigenvalue weighted by Crippen LogP contribution is 2.31. The Bertz CT molecular complexity index is 418. The van der Waals surface area contributed by atoms with Gasteiger partial charge in [0.1, 0.15) is 0 Å². The van der Waals surface area contributed by atoms with E-state index < -0.39 is 35.9 Å². The summed E-state index contributed by atoms with van der Waals surface area (Å²) in [5, 5.41) is 0. The summed E-state index contributed by atoms with van der Waals surface area (Å²) >= 11 is 0. The Labute approximate surface area is 119 Å². The second kappa shape index (κ2) is 8.25. The predicted molar refractivity (Wildman–Crippen MR) is 58.0 cm³/mol. The molecule has 132 valence electrons. The van der Waals surface area contributed by atoms with Crippen molar-refractivity contribution in [2.45, 2.75) is 12.2 Å². The highest BCUT2D eigenvalue weighted by Gasteiger charge is 2.41. The van der Waals surface area contributed by atoms with Crippen LogP contribution in [0.5, 0.6) is 0 Å². The minimum atomic E-state index is -5.24. The van der Waals surface area contributed by atoms with Crippen molar-refractivity contribution in [1.29, 1.82) is 0 Å². The van der Waals surface area contributed by atoms with E-state index in [9.17, 15) is 43.9 Å². The third-order valence-corrected chi connectivity index (χ3v) is 1.81. The summed E-state index contributed by atoms with van der Waals surface area (Å²) in [6.07, 6.45) is -8.24. The molecule has 0 aromatic rings. The average Bonchev–Trinajstić information content (AvgIpc) is 2.34. The standard InChI is InChI=1S/2C5H6F5N/c1-11(2)4(7)3(6)5(8,9)10;1-11(2)5(9,10)3(6)4(7)8/h2*1-2H3/b4-3-;. The summed E-state index contributed by atoms with van der Waals surface area (Å²) in [7, 11) is 3.53. The van der Waals surface area contributed by atoms with Gasteiger partial charge in [0, 0.05) is 14.1 Å². The highest BCUT2D eigenvalue weighted by atomic mass is 19.4. The van der Waals surface area contributed by atoms with Crippen LogP contribution in [0.25, 0.3) is 0 Å². The smallest absolute Gasteiger partial charge is 0.352 e. The first-order valence-electron chi connectivity index (χ1n) is 5.13. The zero-order valence-corrected chi connectivity index (χ0v) is 11.7. The van der Waals surface area contributed by atoms with Gasteiger partial charge in [-0.15, -0.1) is 0 Å². The Hall–Kier alpha value is -1.46. The second-order valence-electron chi connectivity index (χ2n) is 4.01. The van der Waals surface area contributed by atoms with E-state index in [2.05, 4.69) is 0 Å². The van der Waals surface area contributed by atoms with Gasteiger partial charge in [-0.05, 0) is 14.1 Å². The molecule has 22 heavy (non-hydrogen) atoms. The molecule has 0 aromatic heterocycles. The van der Waals surface area contributed by atoms with Crippen molar-refractivity contribution in [3.63, 3.8) is 0 Å². The van der Waals surface area contributed by atoms with Gasteiger partial charge < -0.3 is 4.90 Å². The van der Waals surface area contributed by atoms with Crippen molar-refractivity contribution >= 4 is 0 Å². The minimum Gasteiger partial charge on any atom is -0.352 e. The van der Waals surface area contributed by atoms with Crippen LogP contribution in [0, 0.1) is 0 Å². The Morgan fingerprint density at radius 2 is 1.05 bits per heavy atom. The van der Waals surface area contributed by atoms with Crippen LogP contribution in [0.3, 0.4) is 0 Å². The van der Waals surface area contributed by atoms with Crippen molar-refractivity contribution < 1.29 is 43.9 Å². The molecule has 2 nitrogen and oxygen atoms in total. The van der Waals surface area contributed by atoms with Gasteiger partial charge in [0.2, 0.25) is 11.8 Å². The van der Waals surface area contributed by atoms with E-state index in [4.69, 9.17) is 0 Å². The molecule has 0 saturated heterocycles. The molecule has 0 N–H and O–H groups in total. The van der Waals surface area contributed by atoms with E-state index >= 15 is 0 Å². The van der Waals surface area contributed by atoms with Gasteiger partial charge in [0.15, 0.2) is 0 Å². The lowest BCUT2D eigenvalue weighted by Gasteiger charge is -2.20. The van der Waals surface area contributed by atoms with Crippen molar-refractivity contribution in [3.8, 4) is 0 Å². The fourth-order valence-electron chi connectivity index (χ4n) is 0.623. The summed E-state index contributed by atoms with van der Waals surface area (Å²) in [5.41, 5.74) is 0. The van der Waals surface area contributed by atoms with Crippen LogP contribution in [0.1, 0.15) is 0 Å². The third kappa shape index (κ3) is 7.00. The number of hydrogen-bond donors (Lipinski definition) is 0. The van der Waals surface area contributed by atoms with Crippen molar-refractivity contribution in [1.82, 2.24) is 9.80 Å². The van der Waals surface area contributed by atoms with Gasteiger partial charge in [-0.25, -0.2) is 4.90 Å². The fourth-order valence-corrected chi connectivity index (χ4v) is 0.623. The van der Waals surface area contributed by atoms with Crippen molar-refractivity contribution in [2.75, 3.05) is 28.2 Å². The number of alkyl halides is 5. The Kier molecular flexibility index (Phi) is 8.55. The number of allylic oxidation sites excluding steroid dienone is 1. The molecule has 0 aliphatic heterocycles. The Balaban J connectivity index is 0. The van der Waals surface area contributed by atoms with Crippen LogP contribution in [-0.2, 0) is 0 Å². The lowest BCUT2D eigenvalue weighted by molar-refractivity contribution is -0.113. The van der Waals surface area contributed by atoms with Gasteiger partial charge >= 0.3 is 18.3 Å². The number of rotatable bonds is 3. The largest absolute Gasteiger partial charge is 0.447 e. The predicted octanol–water partition coefficient (Wildman–Crippen LogP) is 4.44. The van der Waals surface area contributed by atoms with Gasteiger partial charge in [-0.3, -0.25) is 0 Å². The number of halogens is 10. The third-order valence-electron chi connectivity index (χ3n) is 1.81. The molecule has 0 aromatic carbocycles. The van der Waals surface area contributed by atoms with Crippen LogP contribution < -0.4 is 0 Å². The number of nitrogens with zero attached hydrogens (tertiary/aromatic N) is 2. The van der Waals surface area contributed by atoms with Crippen LogP contribution in [-0.4, -0.2) is 50.2 Å². The molecule has 0 heterocycles. The van der Waals surface area contributed by atoms with Crippen LogP contribution in [0.15, 0.2) is 23.7 Å². The molecule has 0 aliphatic rings. The summed E-state index contributed by atoms with van der Waals surface area (Å²) in [4.78, 5) is 0.463. The molecule has 0 bridgehead atoms. The molecule has 0 spiro atoms. The summed E-state index contributed by atoms with van der Waals surface area (Å²) in [6, 6.07) is -4.22.